The lowest BCUT2D eigenvalue weighted by Gasteiger charge is -2.08. The molecule has 0 aliphatic carbocycles. The Balaban J connectivity index is 2.26. The number of hydrogen-bond donors (Lipinski definition) is 2. The van der Waals surface area contributed by atoms with Crippen molar-refractivity contribution in [3.05, 3.63) is 52.1 Å². The molecule has 0 aliphatic rings. The molecule has 0 aliphatic heterocycles. The topological polar surface area (TPSA) is 54.0 Å². The average molecular weight is 342 g/mol. The van der Waals surface area contributed by atoms with Crippen molar-refractivity contribution in [3.63, 3.8) is 0 Å². The van der Waals surface area contributed by atoms with Crippen LogP contribution in [0.2, 0.25) is 0 Å². The molecule has 2 N–H and O–H groups in total. The number of rotatable bonds is 3. The molecule has 0 unspecified atom stereocenters. The summed E-state index contributed by atoms with van der Waals surface area (Å²) in [6.45, 7) is 0. The monoisotopic (exact) mass is 341 g/mol. The summed E-state index contributed by atoms with van der Waals surface area (Å²) in [4.78, 5) is 15.7. The van der Waals surface area contributed by atoms with Crippen LogP contribution in [-0.2, 0) is 0 Å². The number of carbonyl (C=O) groups is 1. The molecule has 104 valence electrons. The van der Waals surface area contributed by atoms with Gasteiger partial charge in [-0.15, -0.1) is 0 Å². The molecule has 1 heterocycles. The molecule has 4 nitrogen and oxygen atoms in total. The van der Waals surface area contributed by atoms with Crippen LogP contribution in [0, 0.1) is 11.6 Å². The van der Waals surface area contributed by atoms with Crippen molar-refractivity contribution in [1.29, 1.82) is 0 Å². The fraction of sp³-hybridized carbons (Fsp3) is 0.0769. The zero-order valence-corrected chi connectivity index (χ0v) is 12.0. The van der Waals surface area contributed by atoms with Crippen LogP contribution in [-0.4, -0.2) is 17.9 Å². The van der Waals surface area contributed by atoms with Gasteiger partial charge in [0.15, 0.2) is 11.6 Å². The van der Waals surface area contributed by atoms with Crippen LogP contribution in [0.25, 0.3) is 0 Å². The minimum atomic E-state index is -0.742. The van der Waals surface area contributed by atoms with Crippen LogP contribution >= 0.6 is 15.9 Å². The standard InChI is InChI=1S/C13H10BrF2N3O/c1-17-12-11(16)8(4-5-18-12)13(20)19-7-2-3-10(15)9(14)6-7/h2-6H,1H3,(H,17,18)(H,19,20). The van der Waals surface area contributed by atoms with E-state index in [0.717, 1.165) is 0 Å². The van der Waals surface area contributed by atoms with Crippen molar-refractivity contribution in [2.45, 2.75) is 0 Å². The Kier molecular flexibility index (Phi) is 4.29. The Morgan fingerprint density at radius 2 is 2.05 bits per heavy atom. The van der Waals surface area contributed by atoms with Crippen molar-refractivity contribution in [2.75, 3.05) is 17.7 Å². The second kappa shape index (κ2) is 5.96. The molecular formula is C13H10BrF2N3O. The molecule has 0 bridgehead atoms. The molecule has 1 aromatic carbocycles. The van der Waals surface area contributed by atoms with Crippen LogP contribution in [0.15, 0.2) is 34.9 Å². The first-order valence-corrected chi connectivity index (χ1v) is 6.41. The maximum atomic E-state index is 13.9. The van der Waals surface area contributed by atoms with Crippen molar-refractivity contribution >= 4 is 33.3 Å². The molecule has 20 heavy (non-hydrogen) atoms. The Morgan fingerprint density at radius 1 is 1.30 bits per heavy atom. The van der Waals surface area contributed by atoms with Crippen molar-refractivity contribution in [1.82, 2.24) is 4.98 Å². The van der Waals surface area contributed by atoms with Gasteiger partial charge in [0.2, 0.25) is 0 Å². The number of amides is 1. The summed E-state index contributed by atoms with van der Waals surface area (Å²) in [6.07, 6.45) is 1.32. The van der Waals surface area contributed by atoms with Gasteiger partial charge in [0.1, 0.15) is 5.82 Å². The van der Waals surface area contributed by atoms with E-state index < -0.39 is 17.5 Å². The number of aromatic nitrogens is 1. The normalized spacial score (nSPS) is 10.2. The SMILES string of the molecule is CNc1nccc(C(=O)Nc2ccc(F)c(Br)c2)c1F. The molecule has 0 spiro atoms. The number of nitrogens with zero attached hydrogens (tertiary/aromatic N) is 1. The minimum absolute atomic E-state index is 0.0158. The summed E-state index contributed by atoms with van der Waals surface area (Å²) < 4.78 is 27.2. The van der Waals surface area contributed by atoms with Gasteiger partial charge in [-0.3, -0.25) is 4.79 Å². The van der Waals surface area contributed by atoms with Crippen LogP contribution in [0.1, 0.15) is 10.4 Å². The first-order chi connectivity index (χ1) is 9.52. The van der Waals surface area contributed by atoms with Gasteiger partial charge in [0.25, 0.3) is 5.91 Å². The molecule has 0 atom stereocenters. The smallest absolute Gasteiger partial charge is 0.258 e. The van der Waals surface area contributed by atoms with Crippen LogP contribution < -0.4 is 10.6 Å². The van der Waals surface area contributed by atoms with Gasteiger partial charge in [-0.2, -0.15) is 0 Å². The predicted molar refractivity (Wildman–Crippen MR) is 75.8 cm³/mol. The summed E-state index contributed by atoms with van der Waals surface area (Å²) in [5.41, 5.74) is 0.204. The van der Waals surface area contributed by atoms with E-state index in [-0.39, 0.29) is 15.9 Å². The maximum Gasteiger partial charge on any atom is 0.258 e. The molecule has 0 radical (unpaired) electrons. The first kappa shape index (κ1) is 14.4. The lowest BCUT2D eigenvalue weighted by molar-refractivity contribution is 0.102. The van der Waals surface area contributed by atoms with E-state index in [4.69, 9.17) is 0 Å². The van der Waals surface area contributed by atoms with E-state index >= 15 is 0 Å². The highest BCUT2D eigenvalue weighted by molar-refractivity contribution is 9.10. The van der Waals surface area contributed by atoms with Gasteiger partial charge in [0, 0.05) is 18.9 Å². The molecule has 1 aromatic heterocycles. The molecule has 1 amide bonds. The zero-order chi connectivity index (χ0) is 14.7. The van der Waals surface area contributed by atoms with Gasteiger partial charge < -0.3 is 10.6 Å². The summed E-state index contributed by atoms with van der Waals surface area (Å²) in [6, 6.07) is 5.24. The highest BCUT2D eigenvalue weighted by atomic mass is 79.9. The Hall–Kier alpha value is -2.02. The summed E-state index contributed by atoms with van der Waals surface area (Å²) in [5.74, 6) is -1.85. The molecule has 0 saturated carbocycles. The number of halogens is 3. The number of anilines is 2. The third-order valence-corrected chi connectivity index (χ3v) is 3.16. The molecule has 0 fully saturated rings. The summed E-state index contributed by atoms with van der Waals surface area (Å²) in [7, 11) is 1.50. The highest BCUT2D eigenvalue weighted by Gasteiger charge is 2.15. The van der Waals surface area contributed by atoms with Gasteiger partial charge >= 0.3 is 0 Å². The lowest BCUT2D eigenvalue weighted by atomic mass is 10.2. The van der Waals surface area contributed by atoms with E-state index in [0.29, 0.717) is 5.69 Å². The van der Waals surface area contributed by atoms with E-state index in [1.54, 1.807) is 0 Å². The number of benzene rings is 1. The van der Waals surface area contributed by atoms with Gasteiger partial charge in [-0.25, -0.2) is 13.8 Å². The summed E-state index contributed by atoms with van der Waals surface area (Å²) in [5, 5.41) is 5.03. The molecule has 2 rings (SSSR count). The fourth-order valence-electron chi connectivity index (χ4n) is 1.57. The molecule has 0 saturated heterocycles. The Morgan fingerprint density at radius 3 is 2.70 bits per heavy atom. The van der Waals surface area contributed by atoms with Crippen molar-refractivity contribution in [2.24, 2.45) is 0 Å². The minimum Gasteiger partial charge on any atom is -0.371 e. The second-order valence-electron chi connectivity index (χ2n) is 3.85. The lowest BCUT2D eigenvalue weighted by Crippen LogP contribution is -2.15. The Bertz CT molecular complexity index is 664. The zero-order valence-electron chi connectivity index (χ0n) is 10.4. The van der Waals surface area contributed by atoms with Crippen LogP contribution in [0.5, 0.6) is 0 Å². The first-order valence-electron chi connectivity index (χ1n) is 5.61. The van der Waals surface area contributed by atoms with Gasteiger partial charge in [-0.05, 0) is 40.2 Å². The fourth-order valence-corrected chi connectivity index (χ4v) is 1.94. The second-order valence-corrected chi connectivity index (χ2v) is 4.71. The largest absolute Gasteiger partial charge is 0.371 e. The van der Waals surface area contributed by atoms with E-state index in [1.807, 2.05) is 0 Å². The van der Waals surface area contributed by atoms with E-state index in [1.165, 1.54) is 37.5 Å². The average Bonchev–Trinajstić information content (AvgIpc) is 2.43. The third-order valence-electron chi connectivity index (χ3n) is 2.55. The quantitative estimate of drug-likeness (QED) is 0.899. The molecular weight excluding hydrogens is 332 g/mol. The van der Waals surface area contributed by atoms with Gasteiger partial charge in [0.05, 0.1) is 10.0 Å². The van der Waals surface area contributed by atoms with E-state index in [2.05, 4.69) is 31.5 Å². The van der Waals surface area contributed by atoms with Gasteiger partial charge in [-0.1, -0.05) is 0 Å². The Labute approximate surface area is 122 Å². The number of carbonyl (C=O) groups excluding carboxylic acids is 1. The number of hydrogen-bond acceptors (Lipinski definition) is 3. The highest BCUT2D eigenvalue weighted by Crippen LogP contribution is 2.21. The summed E-state index contributed by atoms with van der Waals surface area (Å²) >= 11 is 3.01. The maximum absolute atomic E-state index is 13.9. The number of nitrogens with one attached hydrogen (secondary N) is 2. The van der Waals surface area contributed by atoms with Crippen LogP contribution in [0.4, 0.5) is 20.3 Å². The third kappa shape index (κ3) is 2.93. The van der Waals surface area contributed by atoms with Crippen molar-refractivity contribution < 1.29 is 13.6 Å². The molecule has 7 heteroatoms. The van der Waals surface area contributed by atoms with E-state index in [9.17, 15) is 13.6 Å². The molecule has 2 aromatic rings. The predicted octanol–water partition coefficient (Wildman–Crippen LogP) is 3.42. The van der Waals surface area contributed by atoms with Crippen LogP contribution in [0.3, 0.4) is 0 Å². The van der Waals surface area contributed by atoms with Crippen molar-refractivity contribution in [3.8, 4) is 0 Å². The number of pyridine rings is 1.